The molecule has 172 valence electrons. The van der Waals surface area contributed by atoms with Crippen LogP contribution in [-0.2, 0) is 11.2 Å². The number of nitrogens with one attached hydrogen (secondary N) is 2. The number of likely N-dealkylation sites (tertiary alicyclic amines) is 1. The first-order chi connectivity index (χ1) is 16.0. The zero-order valence-corrected chi connectivity index (χ0v) is 19.4. The Labute approximate surface area is 195 Å². The van der Waals surface area contributed by atoms with Crippen molar-refractivity contribution in [3.05, 3.63) is 77.1 Å². The van der Waals surface area contributed by atoms with Crippen LogP contribution in [0.3, 0.4) is 0 Å². The maximum Gasteiger partial charge on any atom is 0.251 e. The minimum Gasteiger partial charge on any atom is -0.352 e. The molecule has 2 amide bonds. The average Bonchev–Trinajstić information content (AvgIpc) is 3.18. The highest BCUT2D eigenvalue weighted by Crippen LogP contribution is 2.20. The number of carbonyl (C=O) groups excluding carboxylic acids is 2. The van der Waals surface area contributed by atoms with E-state index >= 15 is 0 Å². The minimum absolute atomic E-state index is 0.0658. The van der Waals surface area contributed by atoms with Gasteiger partial charge in [-0.15, -0.1) is 0 Å². The van der Waals surface area contributed by atoms with Crippen LogP contribution < -0.4 is 5.32 Å². The van der Waals surface area contributed by atoms with Crippen molar-refractivity contribution in [1.29, 1.82) is 0 Å². The van der Waals surface area contributed by atoms with Gasteiger partial charge in [0.25, 0.3) is 5.91 Å². The Morgan fingerprint density at radius 3 is 2.48 bits per heavy atom. The second-order valence-electron chi connectivity index (χ2n) is 8.91. The number of hydrogen-bond acceptors (Lipinski definition) is 3. The molecule has 0 bridgehead atoms. The lowest BCUT2D eigenvalue weighted by molar-refractivity contribution is -0.132. The van der Waals surface area contributed by atoms with Gasteiger partial charge in [0.2, 0.25) is 5.91 Å². The molecule has 2 heterocycles. The molecule has 1 aromatic heterocycles. The van der Waals surface area contributed by atoms with Gasteiger partial charge in [0.05, 0.1) is 5.69 Å². The van der Waals surface area contributed by atoms with E-state index in [1.165, 1.54) is 0 Å². The normalized spacial score (nSPS) is 15.9. The van der Waals surface area contributed by atoms with Crippen LogP contribution in [0.25, 0.3) is 11.1 Å². The Morgan fingerprint density at radius 1 is 1.06 bits per heavy atom. The SMILES string of the molecule is Cc1n[nH]c(C)c1CCC(=O)N1CCCC(CNC(=O)c2ccc(-c3ccccc3)cc2)C1. The highest BCUT2D eigenvalue weighted by Gasteiger charge is 2.24. The van der Waals surface area contributed by atoms with Crippen LogP contribution in [0, 0.1) is 19.8 Å². The van der Waals surface area contributed by atoms with Crippen molar-refractivity contribution in [3.63, 3.8) is 0 Å². The number of amides is 2. The van der Waals surface area contributed by atoms with Crippen molar-refractivity contribution in [2.75, 3.05) is 19.6 Å². The molecule has 1 aliphatic rings. The Morgan fingerprint density at radius 2 is 1.79 bits per heavy atom. The van der Waals surface area contributed by atoms with E-state index in [9.17, 15) is 9.59 Å². The van der Waals surface area contributed by atoms with Gasteiger partial charge in [0.1, 0.15) is 0 Å². The standard InChI is InChI=1S/C27H32N4O2/c1-19-25(20(2)30-29-19)14-15-26(32)31-16-6-7-21(18-31)17-28-27(33)24-12-10-23(11-13-24)22-8-4-3-5-9-22/h3-5,8-13,21H,6-7,14-18H2,1-2H3,(H,28,33)(H,29,30). The molecule has 3 aromatic rings. The highest BCUT2D eigenvalue weighted by molar-refractivity contribution is 5.94. The van der Waals surface area contributed by atoms with Gasteiger partial charge in [-0.3, -0.25) is 14.7 Å². The largest absolute Gasteiger partial charge is 0.352 e. The molecule has 2 N–H and O–H groups in total. The molecule has 1 saturated heterocycles. The van der Waals surface area contributed by atoms with E-state index in [1.807, 2.05) is 61.2 Å². The van der Waals surface area contributed by atoms with Crippen LogP contribution in [0.1, 0.15) is 46.6 Å². The maximum absolute atomic E-state index is 12.8. The molecule has 1 unspecified atom stereocenters. The summed E-state index contributed by atoms with van der Waals surface area (Å²) in [5.74, 6) is 0.402. The molecular weight excluding hydrogens is 412 g/mol. The summed E-state index contributed by atoms with van der Waals surface area (Å²) in [6, 6.07) is 17.8. The molecule has 33 heavy (non-hydrogen) atoms. The van der Waals surface area contributed by atoms with Gasteiger partial charge in [-0.25, -0.2) is 0 Å². The molecule has 6 nitrogen and oxygen atoms in total. The zero-order chi connectivity index (χ0) is 23.2. The molecule has 0 aliphatic carbocycles. The molecule has 0 spiro atoms. The minimum atomic E-state index is -0.0658. The van der Waals surface area contributed by atoms with Crippen molar-refractivity contribution in [1.82, 2.24) is 20.4 Å². The number of aromatic nitrogens is 2. The van der Waals surface area contributed by atoms with E-state index in [1.54, 1.807) is 0 Å². The summed E-state index contributed by atoms with van der Waals surface area (Å²) in [6.45, 7) is 6.05. The van der Waals surface area contributed by atoms with Crippen LogP contribution in [0.15, 0.2) is 54.6 Å². The molecule has 2 aromatic carbocycles. The summed E-state index contributed by atoms with van der Waals surface area (Å²) in [5.41, 5.74) is 6.03. The first-order valence-corrected chi connectivity index (χ1v) is 11.7. The smallest absolute Gasteiger partial charge is 0.251 e. The Bertz CT molecular complexity index is 1070. The van der Waals surface area contributed by atoms with Crippen molar-refractivity contribution in [2.45, 2.75) is 39.5 Å². The lowest BCUT2D eigenvalue weighted by atomic mass is 9.97. The first-order valence-electron chi connectivity index (χ1n) is 11.7. The molecule has 0 radical (unpaired) electrons. The van der Waals surface area contributed by atoms with Crippen LogP contribution in [-0.4, -0.2) is 46.5 Å². The summed E-state index contributed by atoms with van der Waals surface area (Å²) >= 11 is 0. The molecular formula is C27H32N4O2. The number of carbonyl (C=O) groups is 2. The van der Waals surface area contributed by atoms with E-state index in [-0.39, 0.29) is 17.7 Å². The third kappa shape index (κ3) is 5.69. The average molecular weight is 445 g/mol. The highest BCUT2D eigenvalue weighted by atomic mass is 16.2. The van der Waals surface area contributed by atoms with E-state index in [2.05, 4.69) is 27.6 Å². The van der Waals surface area contributed by atoms with Crippen LogP contribution >= 0.6 is 0 Å². The Hall–Kier alpha value is -3.41. The van der Waals surface area contributed by atoms with Crippen molar-refractivity contribution in [3.8, 4) is 11.1 Å². The predicted octanol–water partition coefficient (Wildman–Crippen LogP) is 4.29. The van der Waals surface area contributed by atoms with Crippen molar-refractivity contribution >= 4 is 11.8 Å². The van der Waals surface area contributed by atoms with Gasteiger partial charge >= 0.3 is 0 Å². The summed E-state index contributed by atoms with van der Waals surface area (Å²) in [6.07, 6.45) is 3.21. The maximum atomic E-state index is 12.8. The molecule has 0 saturated carbocycles. The molecule has 1 fully saturated rings. The number of nitrogens with zero attached hydrogens (tertiary/aromatic N) is 2. The number of rotatable bonds is 7. The number of benzene rings is 2. The van der Waals surface area contributed by atoms with Gasteiger partial charge in [-0.05, 0) is 67.9 Å². The predicted molar refractivity (Wildman–Crippen MR) is 130 cm³/mol. The van der Waals surface area contributed by atoms with Gasteiger partial charge in [0.15, 0.2) is 0 Å². The molecule has 1 atom stereocenters. The second kappa shape index (κ2) is 10.5. The fourth-order valence-corrected chi connectivity index (χ4v) is 4.57. The number of piperidine rings is 1. The summed E-state index contributed by atoms with van der Waals surface area (Å²) < 4.78 is 0. The molecule has 6 heteroatoms. The van der Waals surface area contributed by atoms with E-state index in [0.29, 0.717) is 31.5 Å². The van der Waals surface area contributed by atoms with E-state index in [4.69, 9.17) is 0 Å². The monoisotopic (exact) mass is 444 g/mol. The van der Waals surface area contributed by atoms with Crippen LogP contribution in [0.4, 0.5) is 0 Å². The van der Waals surface area contributed by atoms with E-state index < -0.39 is 0 Å². The summed E-state index contributed by atoms with van der Waals surface area (Å²) in [4.78, 5) is 27.4. The van der Waals surface area contributed by atoms with Crippen molar-refractivity contribution in [2.24, 2.45) is 5.92 Å². The van der Waals surface area contributed by atoms with Crippen LogP contribution in [0.2, 0.25) is 0 Å². The third-order valence-electron chi connectivity index (χ3n) is 6.55. The van der Waals surface area contributed by atoms with Crippen molar-refractivity contribution < 1.29 is 9.59 Å². The number of aryl methyl sites for hydroxylation is 2. The zero-order valence-electron chi connectivity index (χ0n) is 19.4. The van der Waals surface area contributed by atoms with E-state index in [0.717, 1.165) is 47.5 Å². The van der Waals surface area contributed by atoms with Gasteiger partial charge in [-0.1, -0.05) is 42.5 Å². The van der Waals surface area contributed by atoms with Gasteiger partial charge in [-0.2, -0.15) is 5.10 Å². The summed E-state index contributed by atoms with van der Waals surface area (Å²) in [5, 5.41) is 10.3. The quantitative estimate of drug-likeness (QED) is 0.571. The van der Waals surface area contributed by atoms with Gasteiger partial charge < -0.3 is 10.2 Å². The fourth-order valence-electron chi connectivity index (χ4n) is 4.57. The number of hydrogen-bond donors (Lipinski definition) is 2. The van der Waals surface area contributed by atoms with Crippen LogP contribution in [0.5, 0.6) is 0 Å². The fraction of sp³-hybridized carbons (Fsp3) is 0.370. The number of aromatic amines is 1. The Kier molecular flexibility index (Phi) is 7.23. The lowest BCUT2D eigenvalue weighted by Gasteiger charge is -2.33. The topological polar surface area (TPSA) is 78.1 Å². The van der Waals surface area contributed by atoms with Gasteiger partial charge in [0, 0.05) is 37.3 Å². The second-order valence-corrected chi connectivity index (χ2v) is 8.91. The number of H-pyrrole nitrogens is 1. The first kappa shape index (κ1) is 22.8. The Balaban J connectivity index is 1.26. The third-order valence-corrected chi connectivity index (χ3v) is 6.55. The molecule has 1 aliphatic heterocycles. The lowest BCUT2D eigenvalue weighted by Crippen LogP contribution is -2.43. The molecule has 4 rings (SSSR count). The summed E-state index contributed by atoms with van der Waals surface area (Å²) in [7, 11) is 0.